The number of carbonyl (C=O) groups excluding carboxylic acids is 1. The number of benzene rings is 1. The van der Waals surface area contributed by atoms with Crippen LogP contribution in [0.1, 0.15) is 64.0 Å². The van der Waals surface area contributed by atoms with Crippen molar-refractivity contribution in [1.29, 1.82) is 5.26 Å². The van der Waals surface area contributed by atoms with Gasteiger partial charge < -0.3 is 20.5 Å². The topological polar surface area (TPSA) is 111 Å². The number of nitrogens with zero attached hydrogens (tertiary/aromatic N) is 1. The van der Waals surface area contributed by atoms with E-state index in [-0.39, 0.29) is 24.6 Å². The minimum Gasteiger partial charge on any atom is -0.481 e. The standard InChI is InChI=1S/C21H29N3O4/c1-21(2,3)28-20(27)24-17-9-7-16(8-10-17)23-18-12-14(13-22)4-5-15(18)6-11-19(25)26/h4-5,12,16-17,23H,6-11H2,1-3H3,(H,24,27)(H,25,26). The zero-order chi connectivity index (χ0) is 20.7. The van der Waals surface area contributed by atoms with Crippen LogP contribution < -0.4 is 10.6 Å². The number of aliphatic carboxylic acids is 1. The molecule has 0 spiro atoms. The summed E-state index contributed by atoms with van der Waals surface area (Å²) in [6.45, 7) is 5.51. The Hall–Kier alpha value is -2.75. The lowest BCUT2D eigenvalue weighted by molar-refractivity contribution is -0.136. The van der Waals surface area contributed by atoms with E-state index >= 15 is 0 Å². The van der Waals surface area contributed by atoms with Gasteiger partial charge >= 0.3 is 12.1 Å². The molecular weight excluding hydrogens is 358 g/mol. The highest BCUT2D eigenvalue weighted by Crippen LogP contribution is 2.26. The number of amides is 1. The summed E-state index contributed by atoms with van der Waals surface area (Å²) in [5.41, 5.74) is 1.75. The van der Waals surface area contributed by atoms with Gasteiger partial charge in [0.25, 0.3) is 0 Å². The molecule has 1 amide bonds. The first-order chi connectivity index (χ1) is 13.2. The van der Waals surface area contributed by atoms with Gasteiger partial charge in [-0.2, -0.15) is 5.26 Å². The number of aryl methyl sites for hydroxylation is 1. The van der Waals surface area contributed by atoms with Gasteiger partial charge in [0, 0.05) is 24.2 Å². The number of hydrogen-bond acceptors (Lipinski definition) is 5. The largest absolute Gasteiger partial charge is 0.481 e. The fourth-order valence-corrected chi connectivity index (χ4v) is 3.32. The summed E-state index contributed by atoms with van der Waals surface area (Å²) in [6, 6.07) is 7.74. The Morgan fingerprint density at radius 3 is 2.43 bits per heavy atom. The van der Waals surface area contributed by atoms with Crippen LogP contribution in [0.15, 0.2) is 18.2 Å². The number of rotatable bonds is 6. The van der Waals surface area contributed by atoms with E-state index in [4.69, 9.17) is 15.1 Å². The maximum atomic E-state index is 11.9. The van der Waals surface area contributed by atoms with Crippen LogP contribution >= 0.6 is 0 Å². The van der Waals surface area contributed by atoms with Crippen LogP contribution in [-0.2, 0) is 16.0 Å². The molecule has 152 valence electrons. The average molecular weight is 387 g/mol. The predicted octanol–water partition coefficient (Wildman–Crippen LogP) is 3.82. The van der Waals surface area contributed by atoms with Crippen molar-refractivity contribution in [3.8, 4) is 6.07 Å². The van der Waals surface area contributed by atoms with Gasteiger partial charge in [-0.15, -0.1) is 0 Å². The van der Waals surface area contributed by atoms with E-state index in [1.165, 1.54) is 0 Å². The van der Waals surface area contributed by atoms with Crippen molar-refractivity contribution in [3.05, 3.63) is 29.3 Å². The second kappa shape index (κ2) is 9.45. The minimum absolute atomic E-state index is 0.0487. The van der Waals surface area contributed by atoms with E-state index in [0.29, 0.717) is 12.0 Å². The second-order valence-electron chi connectivity index (χ2n) is 8.22. The summed E-state index contributed by atoms with van der Waals surface area (Å²) in [6.07, 6.45) is 3.48. The van der Waals surface area contributed by atoms with E-state index in [1.54, 1.807) is 12.1 Å². The van der Waals surface area contributed by atoms with Gasteiger partial charge in [0.05, 0.1) is 11.6 Å². The maximum absolute atomic E-state index is 11.9. The number of hydrogen-bond donors (Lipinski definition) is 3. The normalized spacial score (nSPS) is 19.4. The fraction of sp³-hybridized carbons (Fsp3) is 0.571. The van der Waals surface area contributed by atoms with Crippen LogP contribution in [0.5, 0.6) is 0 Å². The van der Waals surface area contributed by atoms with E-state index in [0.717, 1.165) is 36.9 Å². The molecule has 0 bridgehead atoms. The molecule has 0 unspecified atom stereocenters. The van der Waals surface area contributed by atoms with Crippen LogP contribution in [0.2, 0.25) is 0 Å². The number of carbonyl (C=O) groups is 2. The van der Waals surface area contributed by atoms with Gasteiger partial charge in [0.1, 0.15) is 5.60 Å². The Morgan fingerprint density at radius 1 is 1.21 bits per heavy atom. The highest BCUT2D eigenvalue weighted by molar-refractivity contribution is 5.68. The van der Waals surface area contributed by atoms with Crippen molar-refractivity contribution in [2.75, 3.05) is 5.32 Å². The smallest absolute Gasteiger partial charge is 0.407 e. The monoisotopic (exact) mass is 387 g/mol. The Kier molecular flexibility index (Phi) is 7.27. The molecule has 0 aromatic heterocycles. The molecular formula is C21H29N3O4. The Balaban J connectivity index is 1.92. The summed E-state index contributed by atoms with van der Waals surface area (Å²) in [5.74, 6) is -0.843. The highest BCUT2D eigenvalue weighted by Gasteiger charge is 2.25. The SMILES string of the molecule is CC(C)(C)OC(=O)NC1CCC(Nc2cc(C#N)ccc2CCC(=O)O)CC1. The molecule has 0 saturated heterocycles. The van der Waals surface area contributed by atoms with E-state index in [2.05, 4.69) is 16.7 Å². The molecule has 0 atom stereocenters. The Bertz CT molecular complexity index is 741. The van der Waals surface area contributed by atoms with Crippen molar-refractivity contribution < 1.29 is 19.4 Å². The molecule has 28 heavy (non-hydrogen) atoms. The molecule has 0 heterocycles. The lowest BCUT2D eigenvalue weighted by Crippen LogP contribution is -2.42. The van der Waals surface area contributed by atoms with Crippen molar-refractivity contribution in [2.45, 2.75) is 77.0 Å². The molecule has 0 radical (unpaired) electrons. The quantitative estimate of drug-likeness (QED) is 0.684. The number of ether oxygens (including phenoxy) is 1. The van der Waals surface area contributed by atoms with E-state index in [9.17, 15) is 9.59 Å². The first-order valence-corrected chi connectivity index (χ1v) is 9.67. The molecule has 1 fully saturated rings. The second-order valence-corrected chi connectivity index (χ2v) is 8.22. The number of nitrogens with one attached hydrogen (secondary N) is 2. The van der Waals surface area contributed by atoms with Gasteiger partial charge in [-0.05, 0) is 70.6 Å². The fourth-order valence-electron chi connectivity index (χ4n) is 3.32. The summed E-state index contributed by atoms with van der Waals surface area (Å²) in [5, 5.41) is 24.5. The van der Waals surface area contributed by atoms with Gasteiger partial charge in [-0.1, -0.05) is 6.07 Å². The molecule has 7 nitrogen and oxygen atoms in total. The average Bonchev–Trinajstić information content (AvgIpc) is 2.60. The number of nitriles is 1. The first-order valence-electron chi connectivity index (χ1n) is 9.67. The van der Waals surface area contributed by atoms with Gasteiger partial charge in [0.2, 0.25) is 0 Å². The lowest BCUT2D eigenvalue weighted by atomic mass is 9.90. The molecule has 7 heteroatoms. The van der Waals surface area contributed by atoms with Gasteiger partial charge in [-0.25, -0.2) is 4.79 Å². The number of carboxylic acids is 1. The van der Waals surface area contributed by atoms with Gasteiger partial charge in [0.15, 0.2) is 0 Å². The van der Waals surface area contributed by atoms with Crippen molar-refractivity contribution in [3.63, 3.8) is 0 Å². The molecule has 2 rings (SSSR count). The van der Waals surface area contributed by atoms with Crippen LogP contribution in [0.3, 0.4) is 0 Å². The molecule has 1 aromatic carbocycles. The van der Waals surface area contributed by atoms with Crippen molar-refractivity contribution in [2.24, 2.45) is 0 Å². The molecule has 1 aromatic rings. The molecule has 1 aliphatic rings. The van der Waals surface area contributed by atoms with Crippen LogP contribution in [0.4, 0.5) is 10.5 Å². The number of anilines is 1. The Labute approximate surface area is 166 Å². The highest BCUT2D eigenvalue weighted by atomic mass is 16.6. The molecule has 1 saturated carbocycles. The predicted molar refractivity (Wildman–Crippen MR) is 106 cm³/mol. The summed E-state index contributed by atoms with van der Waals surface area (Å²) < 4.78 is 5.31. The van der Waals surface area contributed by atoms with Crippen molar-refractivity contribution in [1.82, 2.24) is 5.32 Å². The van der Waals surface area contributed by atoms with Crippen LogP contribution in [0, 0.1) is 11.3 Å². The minimum atomic E-state index is -0.843. The third-order valence-electron chi connectivity index (χ3n) is 4.65. The zero-order valence-electron chi connectivity index (χ0n) is 16.7. The third-order valence-corrected chi connectivity index (χ3v) is 4.65. The zero-order valence-corrected chi connectivity index (χ0v) is 16.7. The van der Waals surface area contributed by atoms with Crippen LogP contribution in [0.25, 0.3) is 0 Å². The first kappa shape index (κ1) is 21.5. The van der Waals surface area contributed by atoms with Crippen molar-refractivity contribution >= 4 is 17.7 Å². The third kappa shape index (κ3) is 7.10. The molecule has 1 aliphatic carbocycles. The number of carboxylic acid groups (broad SMARTS) is 1. The molecule has 0 aliphatic heterocycles. The van der Waals surface area contributed by atoms with Crippen LogP contribution in [-0.4, -0.2) is 34.9 Å². The van der Waals surface area contributed by atoms with Gasteiger partial charge in [-0.3, -0.25) is 4.79 Å². The lowest BCUT2D eigenvalue weighted by Gasteiger charge is -2.31. The summed E-state index contributed by atoms with van der Waals surface area (Å²) in [4.78, 5) is 22.8. The van der Waals surface area contributed by atoms with E-state index < -0.39 is 11.6 Å². The molecule has 3 N–H and O–H groups in total. The number of alkyl carbamates (subject to hydrolysis) is 1. The van der Waals surface area contributed by atoms with E-state index in [1.807, 2.05) is 26.8 Å². The summed E-state index contributed by atoms with van der Waals surface area (Å²) in [7, 11) is 0. The maximum Gasteiger partial charge on any atom is 0.407 e. The summed E-state index contributed by atoms with van der Waals surface area (Å²) >= 11 is 0. The Morgan fingerprint density at radius 2 is 1.86 bits per heavy atom.